The van der Waals surface area contributed by atoms with E-state index in [0.29, 0.717) is 16.2 Å². The lowest BCUT2D eigenvalue weighted by molar-refractivity contribution is -0.125. The highest BCUT2D eigenvalue weighted by Crippen LogP contribution is 2.41. The molecule has 1 fully saturated rings. The summed E-state index contributed by atoms with van der Waals surface area (Å²) in [5, 5.41) is 3.10. The van der Waals surface area contributed by atoms with Gasteiger partial charge in [-0.05, 0) is 54.2 Å². The van der Waals surface area contributed by atoms with Gasteiger partial charge in [-0.25, -0.2) is 8.42 Å². The van der Waals surface area contributed by atoms with E-state index in [9.17, 15) is 13.2 Å². The number of aryl methyl sites for hydroxylation is 1. The summed E-state index contributed by atoms with van der Waals surface area (Å²) in [6.45, 7) is 2.11. The van der Waals surface area contributed by atoms with Gasteiger partial charge in [-0.1, -0.05) is 31.2 Å². The number of amides is 1. The fourth-order valence-corrected chi connectivity index (χ4v) is 5.62. The minimum absolute atomic E-state index is 0.125. The zero-order chi connectivity index (χ0) is 17.6. The van der Waals surface area contributed by atoms with Crippen LogP contribution in [0.5, 0.6) is 0 Å². The van der Waals surface area contributed by atoms with Crippen molar-refractivity contribution in [3.63, 3.8) is 0 Å². The lowest BCUT2D eigenvalue weighted by atomic mass is 9.70. The predicted octanol–water partition coefficient (Wildman–Crippen LogP) is 3.07. The molecule has 3 unspecified atom stereocenters. The number of nitrogens with one attached hydrogen (secondary N) is 1. The van der Waals surface area contributed by atoms with Gasteiger partial charge in [-0.3, -0.25) is 4.79 Å². The Balaban J connectivity index is 1.74. The average molecular weight is 355 g/mol. The quantitative estimate of drug-likeness (QED) is 0.900. The van der Waals surface area contributed by atoms with Crippen molar-refractivity contribution in [3.05, 3.63) is 59.7 Å². The second-order valence-electron chi connectivity index (χ2n) is 7.10. The second kappa shape index (κ2) is 5.99. The molecule has 0 bridgehead atoms. The smallest absolute Gasteiger partial charge is 0.220 e. The number of hydrogen-bond donors (Lipinski definition) is 1. The molecule has 1 N–H and O–H groups in total. The molecule has 1 heterocycles. The van der Waals surface area contributed by atoms with Crippen LogP contribution in [0, 0.1) is 5.92 Å². The molecule has 1 amide bonds. The number of hydrogen-bond acceptors (Lipinski definition) is 3. The number of sulfone groups is 1. The molecule has 1 saturated heterocycles. The maximum absolute atomic E-state index is 12.9. The molecule has 4 nitrogen and oxygen atoms in total. The van der Waals surface area contributed by atoms with Crippen LogP contribution < -0.4 is 5.32 Å². The maximum atomic E-state index is 12.9. The van der Waals surface area contributed by atoms with Crippen LogP contribution >= 0.6 is 0 Å². The Morgan fingerprint density at radius 2 is 1.80 bits per heavy atom. The largest absolute Gasteiger partial charge is 0.353 e. The summed E-state index contributed by atoms with van der Waals surface area (Å²) in [6.07, 6.45) is 2.19. The topological polar surface area (TPSA) is 63.2 Å². The van der Waals surface area contributed by atoms with Crippen molar-refractivity contribution >= 4 is 15.7 Å². The summed E-state index contributed by atoms with van der Waals surface area (Å²) in [4.78, 5) is 12.5. The van der Waals surface area contributed by atoms with E-state index in [4.69, 9.17) is 0 Å². The molecule has 3 atom stereocenters. The Hall–Kier alpha value is -2.14. The molecule has 0 aromatic heterocycles. The van der Waals surface area contributed by atoms with Gasteiger partial charge in [0.25, 0.3) is 0 Å². The highest BCUT2D eigenvalue weighted by atomic mass is 32.2. The number of piperidine rings is 1. The Morgan fingerprint density at radius 3 is 2.56 bits per heavy atom. The minimum atomic E-state index is -3.49. The van der Waals surface area contributed by atoms with E-state index < -0.39 is 9.84 Å². The summed E-state index contributed by atoms with van der Waals surface area (Å²) in [6, 6.07) is 14.2. The van der Waals surface area contributed by atoms with Crippen LogP contribution in [-0.4, -0.2) is 20.4 Å². The molecular weight excluding hydrogens is 334 g/mol. The van der Waals surface area contributed by atoms with Gasteiger partial charge in [0, 0.05) is 18.4 Å². The molecule has 2 aromatic rings. The normalized spacial score (nSPS) is 25.6. The van der Waals surface area contributed by atoms with E-state index in [1.807, 2.05) is 18.2 Å². The number of carbonyl (C=O) groups is 1. The molecule has 4 rings (SSSR count). The fraction of sp³-hybridized carbons (Fsp3) is 0.350. The first-order chi connectivity index (χ1) is 12.0. The number of carbonyl (C=O) groups excluding carboxylic acids is 1. The fourth-order valence-electron chi connectivity index (χ4n) is 4.28. The second-order valence-corrected chi connectivity index (χ2v) is 9.05. The van der Waals surface area contributed by atoms with Gasteiger partial charge in [0.1, 0.15) is 0 Å². The molecular formula is C20H21NO3S. The van der Waals surface area contributed by atoms with Crippen molar-refractivity contribution in [3.8, 4) is 0 Å². The molecule has 130 valence electrons. The summed E-state index contributed by atoms with van der Waals surface area (Å²) in [5.74, 6) is 0.671. The van der Waals surface area contributed by atoms with Crippen molar-refractivity contribution in [1.82, 2.24) is 5.32 Å². The standard InChI is InChI=1S/C20H21NO3S/c1-13-11-19(22)21-18-10-7-14-12-16(8-9-17(14)20(13)18)25(23,24)15-5-3-2-4-6-15/h2-6,8-9,12-13,18,20H,7,10-11H2,1H3,(H,21,22). The van der Waals surface area contributed by atoms with Gasteiger partial charge in [0.2, 0.25) is 15.7 Å². The minimum Gasteiger partial charge on any atom is -0.353 e. The Labute approximate surface area is 148 Å². The van der Waals surface area contributed by atoms with Crippen molar-refractivity contribution in [1.29, 1.82) is 0 Å². The lowest BCUT2D eigenvalue weighted by Crippen LogP contribution is -2.49. The highest BCUT2D eigenvalue weighted by molar-refractivity contribution is 7.91. The third-order valence-electron chi connectivity index (χ3n) is 5.46. The third-order valence-corrected chi connectivity index (χ3v) is 7.23. The van der Waals surface area contributed by atoms with Gasteiger partial charge in [-0.2, -0.15) is 0 Å². The summed E-state index contributed by atoms with van der Waals surface area (Å²) >= 11 is 0. The van der Waals surface area contributed by atoms with E-state index in [1.165, 1.54) is 5.56 Å². The average Bonchev–Trinajstić information content (AvgIpc) is 2.61. The Morgan fingerprint density at radius 1 is 1.04 bits per heavy atom. The summed E-state index contributed by atoms with van der Waals surface area (Å²) in [5.41, 5.74) is 2.29. The van der Waals surface area contributed by atoms with E-state index in [-0.39, 0.29) is 23.8 Å². The Bertz CT molecular complexity index is 921. The zero-order valence-corrected chi connectivity index (χ0v) is 14.9. The molecule has 0 radical (unpaired) electrons. The van der Waals surface area contributed by atoms with Crippen LogP contribution in [0.4, 0.5) is 0 Å². The van der Waals surface area contributed by atoms with Crippen molar-refractivity contribution in [2.75, 3.05) is 0 Å². The maximum Gasteiger partial charge on any atom is 0.220 e. The van der Waals surface area contributed by atoms with Gasteiger partial charge in [-0.15, -0.1) is 0 Å². The van der Waals surface area contributed by atoms with E-state index in [1.54, 1.807) is 30.3 Å². The van der Waals surface area contributed by atoms with E-state index in [2.05, 4.69) is 12.2 Å². The molecule has 2 aromatic carbocycles. The van der Waals surface area contributed by atoms with Gasteiger partial charge >= 0.3 is 0 Å². The van der Waals surface area contributed by atoms with Crippen LogP contribution in [0.15, 0.2) is 58.3 Å². The molecule has 1 aliphatic carbocycles. The summed E-state index contributed by atoms with van der Waals surface area (Å²) in [7, 11) is -3.49. The molecule has 0 saturated carbocycles. The molecule has 25 heavy (non-hydrogen) atoms. The zero-order valence-electron chi connectivity index (χ0n) is 14.1. The van der Waals surface area contributed by atoms with Crippen LogP contribution in [0.3, 0.4) is 0 Å². The van der Waals surface area contributed by atoms with E-state index in [0.717, 1.165) is 18.4 Å². The number of fused-ring (bicyclic) bond motifs is 3. The molecule has 5 heteroatoms. The molecule has 0 spiro atoms. The highest BCUT2D eigenvalue weighted by Gasteiger charge is 2.39. The van der Waals surface area contributed by atoms with Crippen LogP contribution in [0.2, 0.25) is 0 Å². The van der Waals surface area contributed by atoms with E-state index >= 15 is 0 Å². The monoisotopic (exact) mass is 355 g/mol. The SMILES string of the molecule is CC1CC(=O)NC2CCc3cc(S(=O)(=O)c4ccccc4)ccc3C12. The van der Waals surface area contributed by atoms with Gasteiger partial charge in [0.15, 0.2) is 0 Å². The molecule has 1 aliphatic heterocycles. The number of benzene rings is 2. The predicted molar refractivity (Wildman–Crippen MR) is 95.1 cm³/mol. The van der Waals surface area contributed by atoms with Crippen LogP contribution in [0.25, 0.3) is 0 Å². The van der Waals surface area contributed by atoms with Crippen molar-refractivity contribution in [2.24, 2.45) is 5.92 Å². The first-order valence-corrected chi connectivity index (χ1v) is 10.2. The van der Waals surface area contributed by atoms with Gasteiger partial charge < -0.3 is 5.32 Å². The first-order valence-electron chi connectivity index (χ1n) is 8.69. The van der Waals surface area contributed by atoms with Crippen LogP contribution in [0.1, 0.15) is 36.8 Å². The Kier molecular flexibility index (Phi) is 3.91. The lowest BCUT2D eigenvalue weighted by Gasteiger charge is -2.41. The molecule has 2 aliphatic rings. The third kappa shape index (κ3) is 2.76. The van der Waals surface area contributed by atoms with Crippen LogP contribution in [-0.2, 0) is 21.1 Å². The van der Waals surface area contributed by atoms with Gasteiger partial charge in [0.05, 0.1) is 9.79 Å². The summed E-state index contributed by atoms with van der Waals surface area (Å²) < 4.78 is 25.7. The first kappa shape index (κ1) is 16.3. The number of rotatable bonds is 2. The van der Waals surface area contributed by atoms with Crippen molar-refractivity contribution < 1.29 is 13.2 Å². The van der Waals surface area contributed by atoms with Crippen molar-refractivity contribution in [2.45, 2.75) is 47.9 Å².